The molecule has 0 aliphatic carbocycles. The lowest BCUT2D eigenvalue weighted by molar-refractivity contribution is 0.740. The molecule has 2 aromatic heterocycles. The summed E-state index contributed by atoms with van der Waals surface area (Å²) in [7, 11) is 1.99. The molecular weight excluding hydrogens is 234 g/mol. The van der Waals surface area contributed by atoms with Crippen LogP contribution in [0.25, 0.3) is 0 Å². The third-order valence-electron chi connectivity index (χ3n) is 2.67. The minimum Gasteiger partial charge on any atom is -0.351 e. The van der Waals surface area contributed by atoms with Crippen LogP contribution < -0.4 is 16.2 Å². The van der Waals surface area contributed by atoms with E-state index in [1.807, 2.05) is 13.1 Å². The maximum Gasteiger partial charge on any atom is 0.160 e. The second kappa shape index (κ2) is 5.11. The van der Waals surface area contributed by atoms with Crippen molar-refractivity contribution in [1.29, 1.82) is 0 Å². The van der Waals surface area contributed by atoms with Gasteiger partial charge in [0, 0.05) is 11.9 Å². The van der Waals surface area contributed by atoms with E-state index in [2.05, 4.69) is 38.7 Å². The van der Waals surface area contributed by atoms with Gasteiger partial charge in [0.1, 0.15) is 5.82 Å². The van der Waals surface area contributed by atoms with Crippen molar-refractivity contribution in [3.63, 3.8) is 0 Å². The van der Waals surface area contributed by atoms with E-state index < -0.39 is 0 Å². The van der Waals surface area contributed by atoms with Crippen LogP contribution in [0.2, 0.25) is 0 Å². The van der Waals surface area contributed by atoms with Crippen LogP contribution in [-0.4, -0.2) is 17.0 Å². The third-order valence-corrected chi connectivity index (χ3v) is 3.71. The molecule has 0 aliphatic heterocycles. The van der Waals surface area contributed by atoms with Gasteiger partial charge in [-0.15, -0.1) is 11.3 Å². The average molecular weight is 249 g/mol. The van der Waals surface area contributed by atoms with Crippen LogP contribution >= 0.6 is 11.3 Å². The Bertz CT molecular complexity index is 470. The van der Waals surface area contributed by atoms with Crippen LogP contribution in [-0.2, 0) is 0 Å². The highest BCUT2D eigenvalue weighted by Gasteiger charge is 2.14. The summed E-state index contributed by atoms with van der Waals surface area (Å²) in [6, 6.07) is 4.43. The van der Waals surface area contributed by atoms with Gasteiger partial charge < -0.3 is 10.3 Å². The number of nitrogens with one attached hydrogen (secondary N) is 1. The van der Waals surface area contributed by atoms with Gasteiger partial charge in [0.25, 0.3) is 0 Å². The minimum absolute atomic E-state index is 0.261. The topological polar surface area (TPSA) is 67.1 Å². The normalized spacial score (nSPS) is 12.2. The summed E-state index contributed by atoms with van der Waals surface area (Å²) in [4.78, 5) is 11.8. The molecule has 0 aliphatic rings. The maximum absolute atomic E-state index is 5.32. The molecule has 1 atom stereocenters. The highest BCUT2D eigenvalue weighted by atomic mass is 32.1. The summed E-state index contributed by atoms with van der Waals surface area (Å²) in [6.45, 7) is 2.13. The van der Waals surface area contributed by atoms with E-state index in [9.17, 15) is 0 Å². The van der Waals surface area contributed by atoms with E-state index in [0.717, 1.165) is 5.82 Å². The number of hydrazine groups is 1. The Labute approximate surface area is 104 Å². The van der Waals surface area contributed by atoms with Gasteiger partial charge in [-0.2, -0.15) is 0 Å². The Balaban J connectivity index is 2.21. The zero-order valence-corrected chi connectivity index (χ0v) is 10.6. The van der Waals surface area contributed by atoms with Crippen LogP contribution in [0.1, 0.15) is 17.8 Å². The summed E-state index contributed by atoms with van der Waals surface area (Å²) < 4.78 is 0. The molecule has 5 nitrogen and oxygen atoms in total. The van der Waals surface area contributed by atoms with Gasteiger partial charge in [-0.3, -0.25) is 4.98 Å². The molecule has 17 heavy (non-hydrogen) atoms. The smallest absolute Gasteiger partial charge is 0.160 e. The molecule has 0 spiro atoms. The Morgan fingerprint density at radius 2 is 2.29 bits per heavy atom. The molecule has 0 saturated carbocycles. The fourth-order valence-corrected chi connectivity index (χ4v) is 2.34. The van der Waals surface area contributed by atoms with E-state index in [1.165, 1.54) is 4.88 Å². The van der Waals surface area contributed by atoms with Crippen molar-refractivity contribution >= 4 is 23.0 Å². The molecule has 2 aromatic rings. The molecule has 0 saturated heterocycles. The molecule has 0 fully saturated rings. The molecule has 0 amide bonds. The zero-order valence-electron chi connectivity index (χ0n) is 9.79. The number of nitrogen functional groups attached to an aromatic ring is 1. The zero-order chi connectivity index (χ0) is 12.3. The van der Waals surface area contributed by atoms with Crippen molar-refractivity contribution < 1.29 is 0 Å². The molecule has 90 valence electrons. The predicted octanol–water partition coefficient (Wildman–Crippen LogP) is 2.02. The molecule has 2 heterocycles. The van der Waals surface area contributed by atoms with Crippen LogP contribution in [0.4, 0.5) is 11.6 Å². The number of anilines is 2. The number of nitrogens with zero attached hydrogens (tertiary/aromatic N) is 3. The summed E-state index contributed by atoms with van der Waals surface area (Å²) in [5, 5.41) is 2.07. The molecule has 0 radical (unpaired) electrons. The van der Waals surface area contributed by atoms with Crippen molar-refractivity contribution in [2.45, 2.75) is 13.0 Å². The molecule has 0 bridgehead atoms. The average Bonchev–Trinajstić information content (AvgIpc) is 2.91. The van der Waals surface area contributed by atoms with Crippen LogP contribution in [0.5, 0.6) is 0 Å². The van der Waals surface area contributed by atoms with Crippen molar-refractivity contribution in [3.8, 4) is 0 Å². The number of thiophene rings is 1. The minimum atomic E-state index is 0.261. The number of hydrogen-bond acceptors (Lipinski definition) is 6. The van der Waals surface area contributed by atoms with Crippen LogP contribution in [0.3, 0.4) is 0 Å². The molecular formula is C11H15N5S. The monoisotopic (exact) mass is 249 g/mol. The second-order valence-corrected chi connectivity index (χ2v) is 4.69. The first-order chi connectivity index (χ1) is 8.22. The van der Waals surface area contributed by atoms with E-state index >= 15 is 0 Å². The SMILES string of the molecule is CC(c1cccs1)N(C)c1cncc(NN)n1. The van der Waals surface area contributed by atoms with E-state index in [0.29, 0.717) is 5.82 Å². The molecule has 0 aromatic carbocycles. The van der Waals surface area contributed by atoms with Gasteiger partial charge in [-0.05, 0) is 18.4 Å². The summed E-state index contributed by atoms with van der Waals surface area (Å²) in [6.07, 6.45) is 3.32. The summed E-state index contributed by atoms with van der Waals surface area (Å²) in [5.74, 6) is 6.68. The quantitative estimate of drug-likeness (QED) is 0.641. The van der Waals surface area contributed by atoms with Crippen LogP contribution in [0.15, 0.2) is 29.9 Å². The fourth-order valence-electron chi connectivity index (χ4n) is 1.51. The van der Waals surface area contributed by atoms with Crippen molar-refractivity contribution in [3.05, 3.63) is 34.8 Å². The van der Waals surface area contributed by atoms with Crippen molar-refractivity contribution in [2.75, 3.05) is 17.4 Å². The lowest BCUT2D eigenvalue weighted by Gasteiger charge is -2.24. The van der Waals surface area contributed by atoms with E-state index in [4.69, 9.17) is 5.84 Å². The largest absolute Gasteiger partial charge is 0.351 e. The van der Waals surface area contributed by atoms with Gasteiger partial charge in [0.15, 0.2) is 5.82 Å². The Morgan fingerprint density at radius 3 is 2.94 bits per heavy atom. The van der Waals surface area contributed by atoms with Gasteiger partial charge in [-0.25, -0.2) is 10.8 Å². The molecule has 6 heteroatoms. The number of rotatable bonds is 4. The number of aromatic nitrogens is 2. The predicted molar refractivity (Wildman–Crippen MR) is 71.0 cm³/mol. The Hall–Kier alpha value is -1.66. The third kappa shape index (κ3) is 2.54. The first kappa shape index (κ1) is 11.8. The highest BCUT2D eigenvalue weighted by Crippen LogP contribution is 2.26. The van der Waals surface area contributed by atoms with E-state index in [1.54, 1.807) is 23.7 Å². The lowest BCUT2D eigenvalue weighted by Crippen LogP contribution is -2.22. The highest BCUT2D eigenvalue weighted by molar-refractivity contribution is 7.10. The fraction of sp³-hybridized carbons (Fsp3) is 0.273. The van der Waals surface area contributed by atoms with Gasteiger partial charge in [0.2, 0.25) is 0 Å². The van der Waals surface area contributed by atoms with Gasteiger partial charge >= 0.3 is 0 Å². The standard InChI is InChI=1S/C11H15N5S/c1-8(9-4-3-5-17-9)16(2)11-7-13-6-10(14-11)15-12/h3-8H,12H2,1-2H3,(H,14,15). The second-order valence-electron chi connectivity index (χ2n) is 3.71. The van der Waals surface area contributed by atoms with Crippen molar-refractivity contribution in [2.24, 2.45) is 5.84 Å². The molecule has 2 rings (SSSR count). The van der Waals surface area contributed by atoms with Crippen LogP contribution in [0, 0.1) is 0 Å². The first-order valence-corrected chi connectivity index (χ1v) is 6.15. The summed E-state index contributed by atoms with van der Waals surface area (Å²) in [5.41, 5.74) is 2.50. The van der Waals surface area contributed by atoms with Gasteiger partial charge in [0.05, 0.1) is 18.4 Å². The van der Waals surface area contributed by atoms with E-state index in [-0.39, 0.29) is 6.04 Å². The number of nitrogens with two attached hydrogens (primary N) is 1. The molecule has 1 unspecified atom stereocenters. The summed E-state index contributed by atoms with van der Waals surface area (Å²) >= 11 is 1.73. The number of hydrogen-bond donors (Lipinski definition) is 2. The maximum atomic E-state index is 5.32. The first-order valence-electron chi connectivity index (χ1n) is 5.27. The van der Waals surface area contributed by atoms with Gasteiger partial charge in [-0.1, -0.05) is 6.07 Å². The Kier molecular flexibility index (Phi) is 3.55. The molecule has 3 N–H and O–H groups in total. The van der Waals surface area contributed by atoms with Crippen molar-refractivity contribution in [1.82, 2.24) is 9.97 Å². The lowest BCUT2D eigenvalue weighted by atomic mass is 10.2. The Morgan fingerprint density at radius 1 is 1.47 bits per heavy atom.